The van der Waals surface area contributed by atoms with Crippen LogP contribution in [-0.4, -0.2) is 39.4 Å². The monoisotopic (exact) mass is 457 g/mol. The Morgan fingerprint density at radius 2 is 1.89 bits per heavy atom. The Labute approximate surface area is 174 Å². The Bertz CT molecular complexity index is 1090. The smallest absolute Gasteiger partial charge is 0.204 e. The molecule has 0 bridgehead atoms. The van der Waals surface area contributed by atoms with E-state index in [-0.39, 0.29) is 0 Å². The lowest BCUT2D eigenvalue weighted by atomic mass is 10.2. The number of hydrogen-bond acceptors (Lipinski definition) is 7. The molecule has 28 heavy (non-hydrogen) atoms. The van der Waals surface area contributed by atoms with E-state index >= 15 is 0 Å². The molecular weight excluding hydrogens is 442 g/mol. The van der Waals surface area contributed by atoms with Crippen LogP contribution in [0.4, 0.5) is 0 Å². The molecular formula is C19H16BrN5O2S. The molecule has 0 fully saturated rings. The van der Waals surface area contributed by atoms with Crippen molar-refractivity contribution in [3.63, 3.8) is 0 Å². The van der Waals surface area contributed by atoms with E-state index in [1.54, 1.807) is 30.4 Å². The Morgan fingerprint density at radius 1 is 1.07 bits per heavy atom. The first-order valence-corrected chi connectivity index (χ1v) is 10.0. The Kier molecular flexibility index (Phi) is 5.36. The highest BCUT2D eigenvalue weighted by molar-refractivity contribution is 9.10. The van der Waals surface area contributed by atoms with Crippen molar-refractivity contribution in [2.45, 2.75) is 6.54 Å². The van der Waals surface area contributed by atoms with E-state index in [4.69, 9.17) is 14.5 Å². The fraction of sp³-hybridized carbons (Fsp3) is 0.158. The van der Waals surface area contributed by atoms with Crippen LogP contribution in [0.5, 0.6) is 11.5 Å². The molecule has 9 heteroatoms. The second-order valence-corrected chi connectivity index (χ2v) is 7.63. The van der Waals surface area contributed by atoms with Gasteiger partial charge in [0.1, 0.15) is 23.1 Å². The largest absolute Gasteiger partial charge is 0.497 e. The maximum atomic E-state index is 5.47. The summed E-state index contributed by atoms with van der Waals surface area (Å²) in [6.07, 6.45) is 0. The molecule has 0 saturated carbocycles. The van der Waals surface area contributed by atoms with Crippen molar-refractivity contribution in [3.8, 4) is 33.5 Å². The van der Waals surface area contributed by atoms with Crippen LogP contribution in [0.15, 0.2) is 52.3 Å². The average Bonchev–Trinajstić information content (AvgIpc) is 3.38. The summed E-state index contributed by atoms with van der Waals surface area (Å²) in [7, 11) is 3.26. The fourth-order valence-corrected chi connectivity index (χ4v) is 3.75. The average molecular weight is 458 g/mol. The molecule has 0 aliphatic heterocycles. The van der Waals surface area contributed by atoms with Crippen molar-refractivity contribution in [2.75, 3.05) is 14.2 Å². The number of hydrogen-bond donors (Lipinski definition) is 0. The molecule has 4 aromatic rings. The first-order valence-electron chi connectivity index (χ1n) is 8.37. The molecule has 2 aromatic heterocycles. The molecule has 0 aliphatic rings. The number of nitrogens with zero attached hydrogens (tertiary/aromatic N) is 5. The molecule has 0 unspecified atom stereocenters. The van der Waals surface area contributed by atoms with E-state index in [0.717, 1.165) is 37.8 Å². The number of aromatic nitrogens is 5. The Morgan fingerprint density at radius 3 is 2.64 bits per heavy atom. The van der Waals surface area contributed by atoms with Crippen LogP contribution in [0, 0.1) is 0 Å². The SMILES string of the molecule is COc1ccc(-c2nc(Cn3nnc(-c4ccc(Br)cc4)n3)cs2)c(OC)c1. The van der Waals surface area contributed by atoms with Gasteiger partial charge in [-0.25, -0.2) is 4.98 Å². The number of halogens is 1. The van der Waals surface area contributed by atoms with E-state index in [9.17, 15) is 0 Å². The van der Waals surface area contributed by atoms with Crippen LogP contribution in [-0.2, 0) is 6.54 Å². The van der Waals surface area contributed by atoms with E-state index in [1.807, 2.05) is 47.8 Å². The molecule has 0 spiro atoms. The van der Waals surface area contributed by atoms with Gasteiger partial charge in [-0.3, -0.25) is 0 Å². The third-order valence-electron chi connectivity index (χ3n) is 4.05. The molecule has 0 saturated heterocycles. The number of rotatable bonds is 6. The number of benzene rings is 2. The van der Waals surface area contributed by atoms with Crippen LogP contribution in [0.3, 0.4) is 0 Å². The summed E-state index contributed by atoms with van der Waals surface area (Å²) in [6.45, 7) is 0.443. The van der Waals surface area contributed by atoms with Gasteiger partial charge in [0.15, 0.2) is 0 Å². The Hall–Kier alpha value is -2.78. The zero-order chi connectivity index (χ0) is 19.5. The molecule has 0 amide bonds. The lowest BCUT2D eigenvalue weighted by molar-refractivity contribution is 0.395. The predicted molar refractivity (Wildman–Crippen MR) is 111 cm³/mol. The quantitative estimate of drug-likeness (QED) is 0.429. The third-order valence-corrected chi connectivity index (χ3v) is 5.50. The van der Waals surface area contributed by atoms with Crippen molar-refractivity contribution in [2.24, 2.45) is 0 Å². The van der Waals surface area contributed by atoms with E-state index in [2.05, 4.69) is 31.3 Å². The molecule has 0 aliphatic carbocycles. The second-order valence-electron chi connectivity index (χ2n) is 5.86. The molecule has 4 rings (SSSR count). The first-order chi connectivity index (χ1) is 13.7. The predicted octanol–water partition coefficient (Wildman–Crippen LogP) is 4.29. The van der Waals surface area contributed by atoms with Gasteiger partial charge in [-0.15, -0.1) is 21.5 Å². The van der Waals surface area contributed by atoms with Crippen LogP contribution in [0.25, 0.3) is 22.0 Å². The highest BCUT2D eigenvalue weighted by Crippen LogP contribution is 2.35. The van der Waals surface area contributed by atoms with Gasteiger partial charge in [-0.2, -0.15) is 4.80 Å². The minimum Gasteiger partial charge on any atom is -0.497 e. The lowest BCUT2D eigenvalue weighted by Gasteiger charge is -2.08. The van der Waals surface area contributed by atoms with Gasteiger partial charge in [-0.1, -0.05) is 15.9 Å². The molecule has 142 valence electrons. The van der Waals surface area contributed by atoms with Gasteiger partial charge < -0.3 is 9.47 Å². The zero-order valence-electron chi connectivity index (χ0n) is 15.2. The lowest BCUT2D eigenvalue weighted by Crippen LogP contribution is -2.04. The molecule has 0 atom stereocenters. The first kappa shape index (κ1) is 18.6. The van der Waals surface area contributed by atoms with E-state index < -0.39 is 0 Å². The topological polar surface area (TPSA) is 75.0 Å². The second kappa shape index (κ2) is 8.07. The van der Waals surface area contributed by atoms with Gasteiger partial charge in [0.2, 0.25) is 5.82 Å². The summed E-state index contributed by atoms with van der Waals surface area (Å²) in [5.74, 6) is 2.04. The maximum Gasteiger partial charge on any atom is 0.204 e. The van der Waals surface area contributed by atoms with Crippen molar-refractivity contribution in [1.82, 2.24) is 25.2 Å². The summed E-state index contributed by atoms with van der Waals surface area (Å²) in [5, 5.41) is 15.6. The molecule has 2 aromatic carbocycles. The summed E-state index contributed by atoms with van der Waals surface area (Å²) in [5.41, 5.74) is 2.69. The van der Waals surface area contributed by atoms with Crippen LogP contribution in [0.1, 0.15) is 5.69 Å². The highest BCUT2D eigenvalue weighted by Gasteiger charge is 2.13. The van der Waals surface area contributed by atoms with Gasteiger partial charge in [-0.05, 0) is 41.6 Å². The van der Waals surface area contributed by atoms with Crippen LogP contribution in [0.2, 0.25) is 0 Å². The Balaban J connectivity index is 1.54. The van der Waals surface area contributed by atoms with Gasteiger partial charge in [0.05, 0.1) is 25.5 Å². The van der Waals surface area contributed by atoms with E-state index in [0.29, 0.717) is 12.4 Å². The van der Waals surface area contributed by atoms with Crippen molar-refractivity contribution < 1.29 is 9.47 Å². The van der Waals surface area contributed by atoms with Gasteiger partial charge >= 0.3 is 0 Å². The number of thiazole rings is 1. The minimum absolute atomic E-state index is 0.443. The summed E-state index contributed by atoms with van der Waals surface area (Å²) < 4.78 is 11.7. The molecule has 0 N–H and O–H groups in total. The molecule has 2 heterocycles. The molecule has 7 nitrogen and oxygen atoms in total. The summed E-state index contributed by atoms with van der Waals surface area (Å²) >= 11 is 4.97. The van der Waals surface area contributed by atoms with Gasteiger partial charge in [0.25, 0.3) is 0 Å². The van der Waals surface area contributed by atoms with E-state index in [1.165, 1.54) is 0 Å². The highest BCUT2D eigenvalue weighted by atomic mass is 79.9. The summed E-state index contributed by atoms with van der Waals surface area (Å²) in [4.78, 5) is 6.24. The zero-order valence-corrected chi connectivity index (χ0v) is 17.6. The van der Waals surface area contributed by atoms with Crippen molar-refractivity contribution >= 4 is 27.3 Å². The summed E-state index contributed by atoms with van der Waals surface area (Å²) in [6, 6.07) is 13.5. The number of tetrazole rings is 1. The minimum atomic E-state index is 0.443. The van der Waals surface area contributed by atoms with Crippen LogP contribution >= 0.6 is 27.3 Å². The molecule has 0 radical (unpaired) electrons. The van der Waals surface area contributed by atoms with Crippen molar-refractivity contribution in [1.29, 1.82) is 0 Å². The fourth-order valence-electron chi connectivity index (χ4n) is 2.65. The number of methoxy groups -OCH3 is 2. The number of ether oxygens (including phenoxy) is 2. The third kappa shape index (κ3) is 3.90. The normalized spacial score (nSPS) is 10.8. The van der Waals surface area contributed by atoms with Crippen molar-refractivity contribution in [3.05, 3.63) is 58.0 Å². The van der Waals surface area contributed by atoms with Gasteiger partial charge in [0, 0.05) is 21.5 Å². The standard InChI is InChI=1S/C19H16BrN5O2S/c1-26-15-7-8-16(17(9-15)27-2)19-21-14(11-28-19)10-25-23-18(22-24-25)12-3-5-13(20)6-4-12/h3-9,11H,10H2,1-2H3. The maximum absolute atomic E-state index is 5.47. The van der Waals surface area contributed by atoms with Crippen LogP contribution < -0.4 is 9.47 Å².